The molecule has 2 aromatic heterocycles. The number of unbranched alkanes of at least 4 members (excludes halogenated alkanes) is 1. The molecule has 64 heavy (non-hydrogen) atoms. The predicted octanol–water partition coefficient (Wildman–Crippen LogP) is 6.86. The molecule has 3 saturated heterocycles. The summed E-state index contributed by atoms with van der Waals surface area (Å²) in [6.07, 6.45) is 0.0604. The van der Waals surface area contributed by atoms with Crippen LogP contribution in [0.4, 0.5) is 10.6 Å². The molecule has 0 bridgehead atoms. The second-order valence-electron chi connectivity index (χ2n) is 17.6. The van der Waals surface area contributed by atoms with E-state index in [1.807, 2.05) is 71.9 Å². The molecule has 2 aromatic rings. The van der Waals surface area contributed by atoms with Gasteiger partial charge in [-0.15, -0.1) is 5.10 Å². The normalized spacial score (nSPS) is 33.6. The highest BCUT2D eigenvalue weighted by Crippen LogP contribution is 2.40. The van der Waals surface area contributed by atoms with Crippen LogP contribution in [0, 0.1) is 17.8 Å². The van der Waals surface area contributed by atoms with Crippen molar-refractivity contribution in [2.24, 2.45) is 17.8 Å². The molecule has 3 fully saturated rings. The Balaban J connectivity index is 0.00000794. The zero-order chi connectivity index (χ0) is 43.4. The molecule has 1 amide bonds. The number of carbonyl (C=O) groups excluding carboxylic acids is 3. The molecule has 3 aliphatic rings. The number of aromatic nitrogens is 4. The summed E-state index contributed by atoms with van der Waals surface area (Å²) in [6, 6.07) is 4.30. The lowest BCUT2D eigenvalue weighted by molar-refractivity contribution is -0.295. The first-order valence-electron chi connectivity index (χ1n) is 21.1. The number of nitrogens with two attached hydrogens (primary N) is 1. The fourth-order valence-corrected chi connectivity index (χ4v) is 9.33. The number of nitrogen functional groups attached to an aromatic ring is 1. The van der Waals surface area contributed by atoms with Crippen LogP contribution in [0.3, 0.4) is 0 Å². The number of hydrogen-bond donors (Lipinski definition) is 3. The molecule has 5 heterocycles. The minimum Gasteiger partial charge on any atom is -0.458 e. The first-order valence-corrected chi connectivity index (χ1v) is 21.1. The molecule has 0 radical (unpaired) electrons. The number of aliphatic hydroxyl groups excluding tert-OH is 1. The van der Waals surface area contributed by atoms with Crippen LogP contribution in [0.25, 0.3) is 11.4 Å². The number of Topliss-reactive ketones (excluding diaryl/α,β-unsaturated/α-hetero) is 1. The van der Waals surface area contributed by atoms with Gasteiger partial charge in [-0.2, -0.15) is 0 Å². The maximum absolute atomic E-state index is 14.4. The molecule has 3 unspecified atom stereocenters. The smallest absolute Gasteiger partial charge is 0.410 e. The Kier molecular flexibility index (Phi) is 23.8. The second kappa shape index (κ2) is 25.2. The van der Waals surface area contributed by atoms with E-state index in [9.17, 15) is 19.5 Å². The van der Waals surface area contributed by atoms with Gasteiger partial charge < -0.3 is 44.7 Å². The number of likely N-dealkylation sites (N-methyl/N-ethyl adjacent to an activating group) is 1. The summed E-state index contributed by atoms with van der Waals surface area (Å²) in [4.78, 5) is 50.2. The van der Waals surface area contributed by atoms with E-state index in [1.165, 1.54) is 6.92 Å². The number of aliphatic hydroxyl groups is 1. The number of nitrogens with zero attached hydrogens (tertiary/aromatic N) is 6. The molecular formula is C47H88N8O9. The number of rotatable bonds is 11. The maximum atomic E-state index is 14.4. The molecule has 0 spiro atoms. The van der Waals surface area contributed by atoms with Gasteiger partial charge >= 0.3 is 12.1 Å². The third-order valence-electron chi connectivity index (χ3n) is 12.7. The SMILES string of the molecule is C.C.C.C.C.CC[C@H]1OC(=O)[C@H](C)C(=O)[C@@H](C)[C@@H](O[C@@H]2OC(C)CC(N(C)C)C2O)[C@](C)(OC)C[C@@H](C)CN[C@H](C)[C@H]2N(CCCCn3cc(-c4cccc(N)n4)nn3)C(=O)O[C@]12C. The Morgan fingerprint density at radius 1 is 1.00 bits per heavy atom. The van der Waals surface area contributed by atoms with Crippen LogP contribution in [0.1, 0.15) is 125 Å². The maximum Gasteiger partial charge on any atom is 0.410 e. The number of aryl methyl sites for hydroxylation is 1. The number of esters is 1. The van der Waals surface area contributed by atoms with Gasteiger partial charge in [0.15, 0.2) is 17.7 Å². The lowest BCUT2D eigenvalue weighted by Gasteiger charge is -2.46. The van der Waals surface area contributed by atoms with Crippen LogP contribution in [-0.4, -0.2) is 147 Å². The minimum atomic E-state index is -1.24. The number of fused-ring (bicyclic) bond motifs is 1. The molecule has 5 rings (SSSR count). The van der Waals surface area contributed by atoms with E-state index in [1.54, 1.807) is 29.7 Å². The lowest BCUT2D eigenvalue weighted by atomic mass is 9.78. The van der Waals surface area contributed by atoms with Gasteiger partial charge in [0.2, 0.25) is 0 Å². The van der Waals surface area contributed by atoms with Gasteiger partial charge in [0.1, 0.15) is 29.6 Å². The average Bonchev–Trinajstić information content (AvgIpc) is 3.77. The topological polar surface area (TPSA) is 206 Å². The van der Waals surface area contributed by atoms with Gasteiger partial charge in [-0.1, -0.05) is 69.2 Å². The van der Waals surface area contributed by atoms with Crippen LogP contribution >= 0.6 is 0 Å². The summed E-state index contributed by atoms with van der Waals surface area (Å²) < 4.78 is 33.2. The van der Waals surface area contributed by atoms with Crippen LogP contribution in [0.5, 0.6) is 0 Å². The number of carbonyl (C=O) groups is 3. The summed E-state index contributed by atoms with van der Waals surface area (Å²) in [5.74, 6) is -2.78. The molecular weight excluding hydrogens is 821 g/mol. The minimum absolute atomic E-state index is 0. The van der Waals surface area contributed by atoms with Crippen molar-refractivity contribution >= 4 is 23.7 Å². The summed E-state index contributed by atoms with van der Waals surface area (Å²) >= 11 is 0. The largest absolute Gasteiger partial charge is 0.458 e. The molecule has 3 aliphatic heterocycles. The van der Waals surface area contributed by atoms with Crippen molar-refractivity contribution in [3.05, 3.63) is 24.4 Å². The van der Waals surface area contributed by atoms with Gasteiger partial charge in [-0.05, 0) is 105 Å². The van der Waals surface area contributed by atoms with E-state index in [4.69, 9.17) is 29.4 Å². The van der Waals surface area contributed by atoms with Gasteiger partial charge in [0, 0.05) is 38.2 Å². The number of amides is 1. The average molecular weight is 909 g/mol. The number of cyclic esters (lactones) is 1. The third-order valence-corrected chi connectivity index (χ3v) is 12.7. The summed E-state index contributed by atoms with van der Waals surface area (Å²) in [5, 5.41) is 23.6. The van der Waals surface area contributed by atoms with Gasteiger partial charge in [-0.25, -0.2) is 9.78 Å². The molecule has 4 N–H and O–H groups in total. The van der Waals surface area contributed by atoms with Crippen LogP contribution in [0.15, 0.2) is 24.4 Å². The number of nitrogens with one attached hydrogen (secondary N) is 1. The van der Waals surface area contributed by atoms with Crippen molar-refractivity contribution in [2.75, 3.05) is 40.0 Å². The standard InChI is InChI=1S/C42H68N8O9.5CH4/c1-12-32-42(8)36(50(40(54)59-42)19-14-13-18-49-23-30(46-47-49)29-16-15-17-33(43)45-29)28(6)44-22-24(2)21-41(7,55-11)37(26(4)34(51)27(5)38(53)57-32)58-39-35(52)31(48(9)10)20-25(3)56-39;;;;;/h15-17,23-28,31-32,35-37,39,44,52H,12-14,18-22H2,1-11H3,(H2,43,45);5*1H4/t24-,25?,26-,27-,28-,31?,32-,35?,36-,37-,39+,41-,42-;;;;;/m1...../s1. The molecule has 17 nitrogen and oxygen atoms in total. The molecule has 0 aromatic carbocycles. The van der Waals surface area contributed by atoms with E-state index >= 15 is 0 Å². The zero-order valence-electron chi connectivity index (χ0n) is 36.8. The quantitative estimate of drug-likeness (QED) is 0.120. The van der Waals surface area contributed by atoms with Crippen LogP contribution in [-0.2, 0) is 39.8 Å². The first kappa shape index (κ1) is 60.3. The Morgan fingerprint density at radius 2 is 1.66 bits per heavy atom. The number of hydrogen-bond acceptors (Lipinski definition) is 15. The first-order chi connectivity index (χ1) is 27.8. The number of ketones is 1. The molecule has 0 aliphatic carbocycles. The van der Waals surface area contributed by atoms with Crippen LogP contribution < -0.4 is 11.1 Å². The molecule has 17 heteroatoms. The fraction of sp³-hybridized carbons (Fsp3) is 0.787. The van der Waals surface area contributed by atoms with E-state index in [0.29, 0.717) is 68.9 Å². The van der Waals surface area contributed by atoms with E-state index in [2.05, 4.69) is 27.5 Å². The highest BCUT2D eigenvalue weighted by atomic mass is 16.7. The Labute approximate surface area is 385 Å². The highest BCUT2D eigenvalue weighted by Gasteiger charge is 2.58. The number of ether oxygens (including phenoxy) is 5. The molecule has 370 valence electrons. The lowest BCUT2D eigenvalue weighted by Crippen LogP contribution is -2.61. The van der Waals surface area contributed by atoms with E-state index in [-0.39, 0.29) is 61.2 Å². The molecule has 13 atom stereocenters. The molecule has 0 saturated carbocycles. The summed E-state index contributed by atoms with van der Waals surface area (Å²) in [5.41, 5.74) is 4.82. The fourth-order valence-electron chi connectivity index (χ4n) is 9.33. The number of pyridine rings is 1. The number of anilines is 1. The van der Waals surface area contributed by atoms with Crippen molar-refractivity contribution in [3.63, 3.8) is 0 Å². The van der Waals surface area contributed by atoms with Gasteiger partial charge in [0.25, 0.3) is 0 Å². The van der Waals surface area contributed by atoms with E-state index < -0.39 is 71.5 Å². The van der Waals surface area contributed by atoms with Crippen molar-refractivity contribution in [3.8, 4) is 11.4 Å². The van der Waals surface area contributed by atoms with Crippen molar-refractivity contribution in [1.29, 1.82) is 0 Å². The Bertz CT molecular complexity index is 1750. The highest BCUT2D eigenvalue weighted by molar-refractivity contribution is 6.00. The Hall–Kier alpha value is -3.74. The monoisotopic (exact) mass is 909 g/mol. The van der Waals surface area contributed by atoms with Crippen molar-refractivity contribution < 1.29 is 43.2 Å². The number of methoxy groups -OCH3 is 1. The van der Waals surface area contributed by atoms with Gasteiger partial charge in [0.05, 0.1) is 35.7 Å². The van der Waals surface area contributed by atoms with Crippen LogP contribution in [0.2, 0.25) is 0 Å². The van der Waals surface area contributed by atoms with Crippen molar-refractivity contribution in [2.45, 2.75) is 191 Å². The van der Waals surface area contributed by atoms with E-state index in [0.717, 1.165) is 0 Å². The summed E-state index contributed by atoms with van der Waals surface area (Å²) in [7, 11) is 5.39. The predicted molar refractivity (Wildman–Crippen MR) is 253 cm³/mol. The summed E-state index contributed by atoms with van der Waals surface area (Å²) in [6.45, 7) is 16.4. The zero-order valence-corrected chi connectivity index (χ0v) is 36.8. The third kappa shape index (κ3) is 13.2. The second-order valence-corrected chi connectivity index (χ2v) is 17.6. The van der Waals surface area contributed by atoms with Crippen molar-refractivity contribution in [1.82, 2.24) is 35.1 Å². The van der Waals surface area contributed by atoms with Gasteiger partial charge in [-0.3, -0.25) is 19.2 Å². The Morgan fingerprint density at radius 3 is 2.27 bits per heavy atom.